The number of fused-ring (bicyclic) bond motifs is 3. The van der Waals surface area contributed by atoms with Crippen molar-refractivity contribution in [3.8, 4) is 0 Å². The van der Waals surface area contributed by atoms with Crippen molar-refractivity contribution in [3.05, 3.63) is 41.7 Å². The molecule has 1 aromatic carbocycles. The Morgan fingerprint density at radius 3 is 2.53 bits per heavy atom. The number of nitrogens with zero attached hydrogens (tertiary/aromatic N) is 3. The first-order valence-electron chi connectivity index (χ1n) is 12.5. The molecule has 1 amide bonds. The van der Waals surface area contributed by atoms with Gasteiger partial charge in [0, 0.05) is 56.3 Å². The van der Waals surface area contributed by atoms with Crippen LogP contribution in [0.25, 0.3) is 0 Å². The number of piperidine rings is 3. The summed E-state index contributed by atoms with van der Waals surface area (Å²) in [5, 5.41) is 7.53. The van der Waals surface area contributed by atoms with E-state index in [0.29, 0.717) is 30.0 Å². The van der Waals surface area contributed by atoms with Crippen LogP contribution in [0.3, 0.4) is 0 Å². The summed E-state index contributed by atoms with van der Waals surface area (Å²) < 4.78 is 30.6. The van der Waals surface area contributed by atoms with Crippen LogP contribution < -0.4 is 10.0 Å². The summed E-state index contributed by atoms with van der Waals surface area (Å²) in [7, 11) is -1.53. The van der Waals surface area contributed by atoms with Gasteiger partial charge in [0.25, 0.3) is 0 Å². The highest BCUT2D eigenvalue weighted by Gasteiger charge is 2.42. The topological polar surface area (TPSA) is 96.3 Å². The lowest BCUT2D eigenvalue weighted by Gasteiger charge is -2.50. The van der Waals surface area contributed by atoms with Crippen LogP contribution in [-0.2, 0) is 21.9 Å². The zero-order chi connectivity index (χ0) is 23.9. The molecule has 2 bridgehead atoms. The first kappa shape index (κ1) is 23.5. The summed E-state index contributed by atoms with van der Waals surface area (Å²) in [4.78, 5) is 13.8. The molecule has 3 aliphatic heterocycles. The summed E-state index contributed by atoms with van der Waals surface area (Å²) in [6.45, 7) is 3.82. The van der Waals surface area contributed by atoms with Gasteiger partial charge in [0.2, 0.25) is 15.9 Å². The van der Waals surface area contributed by atoms with Crippen molar-refractivity contribution >= 4 is 21.6 Å². The molecule has 0 radical (unpaired) electrons. The second-order valence-electron chi connectivity index (χ2n) is 10.2. The van der Waals surface area contributed by atoms with Gasteiger partial charge < -0.3 is 5.32 Å². The number of rotatable bonds is 7. The van der Waals surface area contributed by atoms with E-state index >= 15 is 0 Å². The number of nitrogens with one attached hydrogen (secondary N) is 2. The zero-order valence-corrected chi connectivity index (χ0v) is 20.9. The molecule has 4 aliphatic rings. The van der Waals surface area contributed by atoms with Gasteiger partial charge >= 0.3 is 0 Å². The molecule has 9 heteroatoms. The normalized spacial score (nSPS) is 27.2. The van der Waals surface area contributed by atoms with Crippen molar-refractivity contribution in [2.45, 2.75) is 68.2 Å². The van der Waals surface area contributed by atoms with Gasteiger partial charge in [0.15, 0.2) is 0 Å². The summed E-state index contributed by atoms with van der Waals surface area (Å²) in [6, 6.07) is 8.85. The molecule has 0 spiro atoms. The molecule has 4 fully saturated rings. The molecule has 1 aliphatic carbocycles. The number of aromatic nitrogens is 2. The quantitative estimate of drug-likeness (QED) is 0.628. The molecular formula is C25H35N5O3S. The SMILES string of the molecule is CC(=O)Nc1ccc(S(=O)(=O)NC[C@H]2C[C@@H]3CCN2C[C@@H]3c2cc(C3CCCC3)nn2C)cc1. The molecule has 4 atom stereocenters. The lowest BCUT2D eigenvalue weighted by molar-refractivity contribution is -0.114. The summed E-state index contributed by atoms with van der Waals surface area (Å²) in [6.07, 6.45) is 7.30. The average molecular weight is 486 g/mol. The molecule has 184 valence electrons. The molecule has 3 saturated heterocycles. The standard InChI is InChI=1S/C25H35N5O3S/c1-17(31)27-20-7-9-22(10-8-20)34(32,33)26-15-21-13-19-11-12-30(21)16-23(19)25-14-24(28-29(25)2)18-5-3-4-6-18/h7-10,14,18-19,21,23,26H,3-6,11-13,15-16H2,1-2H3,(H,27,31)/t19-,21+,23-/m0/s1. The van der Waals surface area contributed by atoms with E-state index in [0.717, 1.165) is 25.9 Å². The van der Waals surface area contributed by atoms with E-state index < -0.39 is 10.0 Å². The molecule has 6 rings (SSSR count). The van der Waals surface area contributed by atoms with Gasteiger partial charge in [-0.15, -0.1) is 0 Å². The van der Waals surface area contributed by atoms with Gasteiger partial charge in [0.1, 0.15) is 0 Å². The Hall–Kier alpha value is -2.23. The highest BCUT2D eigenvalue weighted by molar-refractivity contribution is 7.89. The van der Waals surface area contributed by atoms with Crippen molar-refractivity contribution < 1.29 is 13.2 Å². The predicted octanol–water partition coefficient (Wildman–Crippen LogP) is 3.19. The van der Waals surface area contributed by atoms with Crippen LogP contribution in [0.4, 0.5) is 5.69 Å². The average Bonchev–Trinajstić information content (AvgIpc) is 3.48. The highest BCUT2D eigenvalue weighted by Crippen LogP contribution is 2.43. The third kappa shape index (κ3) is 4.78. The minimum Gasteiger partial charge on any atom is -0.326 e. The zero-order valence-electron chi connectivity index (χ0n) is 20.0. The van der Waals surface area contributed by atoms with E-state index in [2.05, 4.69) is 32.7 Å². The number of carbonyl (C=O) groups is 1. The first-order valence-corrected chi connectivity index (χ1v) is 13.9. The van der Waals surface area contributed by atoms with Crippen LogP contribution in [0.1, 0.15) is 68.7 Å². The summed E-state index contributed by atoms with van der Waals surface area (Å²) in [5.74, 6) is 1.46. The molecular weight excluding hydrogens is 450 g/mol. The number of carbonyl (C=O) groups excluding carboxylic acids is 1. The third-order valence-electron chi connectivity index (χ3n) is 7.96. The van der Waals surface area contributed by atoms with Gasteiger partial charge in [-0.25, -0.2) is 13.1 Å². The largest absolute Gasteiger partial charge is 0.326 e. The van der Waals surface area contributed by atoms with Crippen molar-refractivity contribution in [2.24, 2.45) is 13.0 Å². The van der Waals surface area contributed by atoms with E-state index in [1.165, 1.54) is 56.1 Å². The molecule has 1 aromatic heterocycles. The molecule has 2 aromatic rings. The van der Waals surface area contributed by atoms with Crippen LogP contribution in [-0.4, -0.2) is 54.7 Å². The number of benzene rings is 1. The minimum atomic E-state index is -3.60. The number of hydrogen-bond donors (Lipinski definition) is 2. The van der Waals surface area contributed by atoms with E-state index in [4.69, 9.17) is 5.10 Å². The van der Waals surface area contributed by atoms with Gasteiger partial charge in [0.05, 0.1) is 10.6 Å². The molecule has 8 nitrogen and oxygen atoms in total. The number of amides is 1. The Labute approximate surface area is 202 Å². The van der Waals surface area contributed by atoms with Gasteiger partial charge in [-0.1, -0.05) is 12.8 Å². The van der Waals surface area contributed by atoms with Crippen LogP contribution in [0.5, 0.6) is 0 Å². The van der Waals surface area contributed by atoms with E-state index in [1.54, 1.807) is 12.1 Å². The lowest BCUT2D eigenvalue weighted by atomic mass is 9.74. The Morgan fingerprint density at radius 1 is 1.15 bits per heavy atom. The number of aryl methyl sites for hydroxylation is 1. The van der Waals surface area contributed by atoms with E-state index in [9.17, 15) is 13.2 Å². The third-order valence-corrected chi connectivity index (χ3v) is 9.40. The number of hydrogen-bond acceptors (Lipinski definition) is 5. The second kappa shape index (κ2) is 9.43. The second-order valence-corrected chi connectivity index (χ2v) is 12.0. The molecule has 4 heterocycles. The first-order chi connectivity index (χ1) is 16.3. The van der Waals surface area contributed by atoms with Crippen molar-refractivity contribution in [1.29, 1.82) is 0 Å². The molecule has 34 heavy (non-hydrogen) atoms. The smallest absolute Gasteiger partial charge is 0.240 e. The monoisotopic (exact) mass is 485 g/mol. The molecule has 1 unspecified atom stereocenters. The fourth-order valence-corrected chi connectivity index (χ4v) is 7.24. The van der Waals surface area contributed by atoms with Crippen LogP contribution in [0.15, 0.2) is 35.2 Å². The Kier molecular flexibility index (Phi) is 6.52. The fourth-order valence-electron chi connectivity index (χ4n) is 6.17. The van der Waals surface area contributed by atoms with Crippen LogP contribution >= 0.6 is 0 Å². The van der Waals surface area contributed by atoms with Gasteiger partial charge in [-0.2, -0.15) is 5.10 Å². The molecule has 1 saturated carbocycles. The number of anilines is 1. The summed E-state index contributed by atoms with van der Waals surface area (Å²) >= 11 is 0. The maximum Gasteiger partial charge on any atom is 0.240 e. The maximum absolute atomic E-state index is 12.8. The van der Waals surface area contributed by atoms with Crippen molar-refractivity contribution in [2.75, 3.05) is 25.0 Å². The highest BCUT2D eigenvalue weighted by atomic mass is 32.2. The van der Waals surface area contributed by atoms with Crippen LogP contribution in [0, 0.1) is 5.92 Å². The lowest BCUT2D eigenvalue weighted by Crippen LogP contribution is -2.56. The Morgan fingerprint density at radius 2 is 1.88 bits per heavy atom. The predicted molar refractivity (Wildman–Crippen MR) is 131 cm³/mol. The fraction of sp³-hybridized carbons (Fsp3) is 0.600. The van der Waals surface area contributed by atoms with E-state index in [-0.39, 0.29) is 16.8 Å². The number of sulfonamides is 1. The Bertz CT molecular complexity index is 1140. The van der Waals surface area contributed by atoms with Gasteiger partial charge in [-0.3, -0.25) is 14.4 Å². The summed E-state index contributed by atoms with van der Waals surface area (Å²) in [5.41, 5.74) is 3.19. The Balaban J connectivity index is 1.21. The van der Waals surface area contributed by atoms with Crippen LogP contribution in [0.2, 0.25) is 0 Å². The van der Waals surface area contributed by atoms with Crippen molar-refractivity contribution in [3.63, 3.8) is 0 Å². The van der Waals surface area contributed by atoms with Gasteiger partial charge in [-0.05, 0) is 68.5 Å². The van der Waals surface area contributed by atoms with E-state index in [1.807, 2.05) is 0 Å². The maximum atomic E-state index is 12.8. The molecule has 2 N–H and O–H groups in total. The minimum absolute atomic E-state index is 0.186. The van der Waals surface area contributed by atoms with Crippen molar-refractivity contribution in [1.82, 2.24) is 19.4 Å².